The first-order valence-electron chi connectivity index (χ1n) is 11.8. The zero-order chi connectivity index (χ0) is 26.1. The molecule has 4 aromatic rings. The van der Waals surface area contributed by atoms with Crippen LogP contribution in [0.15, 0.2) is 94.3 Å². The number of nitrogens with zero attached hydrogens (tertiary/aromatic N) is 1. The fraction of sp³-hybridized carbons (Fsp3) is 0.207. The smallest absolute Gasteiger partial charge is 0.328 e. The molecule has 0 fully saturated rings. The Labute approximate surface area is 219 Å². The lowest BCUT2D eigenvalue weighted by atomic mass is 10.0. The molecular formula is C29H29BrN2O4. The molecule has 0 saturated carbocycles. The summed E-state index contributed by atoms with van der Waals surface area (Å²) in [6, 6.07) is 23.6. The van der Waals surface area contributed by atoms with Crippen LogP contribution in [0.1, 0.15) is 35.3 Å². The second-order valence-electron chi connectivity index (χ2n) is 7.89. The van der Waals surface area contributed by atoms with Gasteiger partial charge < -0.3 is 14.6 Å². The number of amides is 1. The molecule has 0 radical (unpaired) electrons. The van der Waals surface area contributed by atoms with Crippen LogP contribution in [-0.2, 0) is 22.5 Å². The minimum atomic E-state index is -0.930. The molecule has 186 valence electrons. The SMILES string of the molecule is CC.COC(=O)[C@H](Cc1ccccc1)NC(=O)c1cn(Cc2ccccc2)c2ccc(Br)cc2c1=O. The Balaban J connectivity index is 0.00000176. The van der Waals surface area contributed by atoms with Crippen LogP contribution in [0, 0.1) is 0 Å². The number of halogens is 1. The quantitative estimate of drug-likeness (QED) is 0.315. The summed E-state index contributed by atoms with van der Waals surface area (Å²) in [4.78, 5) is 39.0. The summed E-state index contributed by atoms with van der Waals surface area (Å²) in [6.07, 6.45) is 1.80. The van der Waals surface area contributed by atoms with Gasteiger partial charge in [0.15, 0.2) is 0 Å². The number of fused-ring (bicyclic) bond motifs is 1. The van der Waals surface area contributed by atoms with Gasteiger partial charge in [-0.15, -0.1) is 0 Å². The molecule has 0 spiro atoms. The predicted molar refractivity (Wildman–Crippen MR) is 146 cm³/mol. The molecule has 0 aliphatic heterocycles. The number of carbonyl (C=O) groups is 2. The van der Waals surface area contributed by atoms with E-state index in [1.807, 2.05) is 91.2 Å². The number of hydrogen-bond acceptors (Lipinski definition) is 4. The summed E-state index contributed by atoms with van der Waals surface area (Å²) in [6.45, 7) is 4.48. The second-order valence-corrected chi connectivity index (χ2v) is 8.80. The summed E-state index contributed by atoms with van der Waals surface area (Å²) < 4.78 is 7.50. The van der Waals surface area contributed by atoms with Crippen LogP contribution in [0.3, 0.4) is 0 Å². The Kier molecular flexibility index (Phi) is 9.59. The first-order chi connectivity index (χ1) is 17.5. The van der Waals surface area contributed by atoms with E-state index in [0.717, 1.165) is 15.6 Å². The van der Waals surface area contributed by atoms with Crippen molar-refractivity contribution in [2.24, 2.45) is 0 Å². The summed E-state index contributed by atoms with van der Waals surface area (Å²) >= 11 is 3.42. The van der Waals surface area contributed by atoms with Gasteiger partial charge in [-0.1, -0.05) is 90.4 Å². The molecule has 1 amide bonds. The molecular weight excluding hydrogens is 520 g/mol. The van der Waals surface area contributed by atoms with Gasteiger partial charge in [-0.2, -0.15) is 0 Å². The highest BCUT2D eigenvalue weighted by molar-refractivity contribution is 9.10. The van der Waals surface area contributed by atoms with E-state index in [1.54, 1.807) is 12.3 Å². The minimum absolute atomic E-state index is 0.0384. The van der Waals surface area contributed by atoms with Gasteiger partial charge in [0.2, 0.25) is 5.43 Å². The fourth-order valence-corrected chi connectivity index (χ4v) is 4.22. The van der Waals surface area contributed by atoms with Gasteiger partial charge in [0.25, 0.3) is 5.91 Å². The van der Waals surface area contributed by atoms with Gasteiger partial charge >= 0.3 is 5.97 Å². The van der Waals surface area contributed by atoms with Gasteiger partial charge in [-0.25, -0.2) is 4.79 Å². The second kappa shape index (κ2) is 12.8. The van der Waals surface area contributed by atoms with Crippen LogP contribution in [0.2, 0.25) is 0 Å². The summed E-state index contributed by atoms with van der Waals surface area (Å²) in [5.41, 5.74) is 2.16. The lowest BCUT2D eigenvalue weighted by Gasteiger charge is -2.18. The number of methoxy groups -OCH3 is 1. The van der Waals surface area contributed by atoms with Crippen LogP contribution in [0.5, 0.6) is 0 Å². The van der Waals surface area contributed by atoms with E-state index in [9.17, 15) is 14.4 Å². The average Bonchev–Trinajstić information content (AvgIpc) is 2.91. The number of nitrogens with one attached hydrogen (secondary N) is 1. The maximum absolute atomic E-state index is 13.3. The minimum Gasteiger partial charge on any atom is -0.467 e. The van der Waals surface area contributed by atoms with Crippen molar-refractivity contribution in [1.82, 2.24) is 9.88 Å². The maximum atomic E-state index is 13.3. The number of esters is 1. The number of pyridine rings is 1. The Morgan fingerprint density at radius 3 is 2.17 bits per heavy atom. The fourth-order valence-electron chi connectivity index (χ4n) is 3.86. The molecule has 0 saturated heterocycles. The first-order valence-corrected chi connectivity index (χ1v) is 12.5. The van der Waals surface area contributed by atoms with Gasteiger partial charge in [0.05, 0.1) is 12.6 Å². The standard InChI is InChI=1S/C27H23BrN2O4.C2H6/c1-34-27(33)23(14-18-8-4-2-5-9-18)29-26(32)22-17-30(16-19-10-6-3-7-11-19)24-13-12-20(28)15-21(24)25(22)31;1-2/h2-13,15,17,23H,14,16H2,1H3,(H,29,32);1-2H3/t23-;/m0./s1. The number of benzene rings is 3. The van der Waals surface area contributed by atoms with Crippen LogP contribution in [-0.4, -0.2) is 29.6 Å². The van der Waals surface area contributed by atoms with Crippen molar-refractivity contribution in [2.45, 2.75) is 32.9 Å². The van der Waals surface area contributed by atoms with Gasteiger partial charge in [0, 0.05) is 29.0 Å². The molecule has 0 aliphatic carbocycles. The molecule has 36 heavy (non-hydrogen) atoms. The molecule has 1 N–H and O–H groups in total. The van der Waals surface area contributed by atoms with Crippen molar-refractivity contribution in [3.63, 3.8) is 0 Å². The van der Waals surface area contributed by atoms with Crippen LogP contribution in [0.4, 0.5) is 0 Å². The van der Waals surface area contributed by atoms with E-state index >= 15 is 0 Å². The lowest BCUT2D eigenvalue weighted by molar-refractivity contribution is -0.142. The highest BCUT2D eigenvalue weighted by Gasteiger charge is 2.25. The van der Waals surface area contributed by atoms with Gasteiger partial charge in [-0.3, -0.25) is 9.59 Å². The van der Waals surface area contributed by atoms with E-state index in [1.165, 1.54) is 7.11 Å². The third kappa shape index (κ3) is 6.49. The Morgan fingerprint density at radius 1 is 0.944 bits per heavy atom. The highest BCUT2D eigenvalue weighted by Crippen LogP contribution is 2.19. The van der Waals surface area contributed by atoms with E-state index in [0.29, 0.717) is 17.4 Å². The zero-order valence-corrected chi connectivity index (χ0v) is 22.1. The molecule has 3 aromatic carbocycles. The molecule has 6 nitrogen and oxygen atoms in total. The number of hydrogen-bond donors (Lipinski definition) is 1. The number of carbonyl (C=O) groups excluding carboxylic acids is 2. The molecule has 0 aliphatic rings. The summed E-state index contributed by atoms with van der Waals surface area (Å²) in [7, 11) is 1.27. The van der Waals surface area contributed by atoms with Crippen molar-refractivity contribution < 1.29 is 14.3 Å². The molecule has 1 heterocycles. The van der Waals surface area contributed by atoms with Gasteiger partial charge in [-0.05, 0) is 29.3 Å². The van der Waals surface area contributed by atoms with E-state index < -0.39 is 23.3 Å². The summed E-state index contributed by atoms with van der Waals surface area (Å²) in [5.74, 6) is -1.20. The average molecular weight is 549 g/mol. The number of ether oxygens (including phenoxy) is 1. The normalized spacial score (nSPS) is 11.2. The Morgan fingerprint density at radius 2 is 1.56 bits per heavy atom. The van der Waals surface area contributed by atoms with Crippen LogP contribution in [0.25, 0.3) is 10.9 Å². The van der Waals surface area contributed by atoms with Crippen LogP contribution < -0.4 is 10.7 Å². The van der Waals surface area contributed by atoms with Crippen molar-refractivity contribution in [2.75, 3.05) is 7.11 Å². The third-order valence-corrected chi connectivity index (χ3v) is 6.05. The van der Waals surface area contributed by atoms with E-state index in [-0.39, 0.29) is 12.0 Å². The van der Waals surface area contributed by atoms with Crippen molar-refractivity contribution >= 4 is 38.7 Å². The molecule has 0 unspecified atom stereocenters. The molecule has 4 rings (SSSR count). The third-order valence-electron chi connectivity index (χ3n) is 5.56. The molecule has 1 aromatic heterocycles. The number of rotatable bonds is 7. The predicted octanol–water partition coefficient (Wildman–Crippen LogP) is 5.35. The molecule has 1 atom stereocenters. The van der Waals surface area contributed by atoms with Crippen molar-refractivity contribution in [1.29, 1.82) is 0 Å². The largest absolute Gasteiger partial charge is 0.467 e. The first kappa shape index (κ1) is 26.9. The number of aromatic nitrogens is 1. The monoisotopic (exact) mass is 548 g/mol. The van der Waals surface area contributed by atoms with E-state index in [2.05, 4.69) is 21.2 Å². The molecule has 7 heteroatoms. The topological polar surface area (TPSA) is 77.4 Å². The summed E-state index contributed by atoms with van der Waals surface area (Å²) in [5, 5.41) is 3.12. The molecule has 0 bridgehead atoms. The van der Waals surface area contributed by atoms with E-state index in [4.69, 9.17) is 4.74 Å². The highest BCUT2D eigenvalue weighted by atomic mass is 79.9. The van der Waals surface area contributed by atoms with Gasteiger partial charge in [0.1, 0.15) is 11.6 Å². The van der Waals surface area contributed by atoms with Crippen LogP contribution >= 0.6 is 15.9 Å². The Hall–Kier alpha value is -3.71. The lowest BCUT2D eigenvalue weighted by Crippen LogP contribution is -2.44. The van der Waals surface area contributed by atoms with Crippen molar-refractivity contribution in [3.8, 4) is 0 Å². The van der Waals surface area contributed by atoms with Crippen molar-refractivity contribution in [3.05, 3.63) is 116 Å². The maximum Gasteiger partial charge on any atom is 0.328 e. The zero-order valence-electron chi connectivity index (χ0n) is 20.5. The Bertz CT molecular complexity index is 1390.